The van der Waals surface area contributed by atoms with Crippen molar-refractivity contribution in [2.75, 3.05) is 7.11 Å². The largest absolute Gasteiger partial charge is 0.469 e. The van der Waals surface area contributed by atoms with Crippen LogP contribution in [0, 0.1) is 0 Å². The number of esters is 1. The number of rotatable bonds is 5. The molecule has 0 fully saturated rings. The first-order chi connectivity index (χ1) is 9.78. The Hall–Kier alpha value is -1.66. The Kier molecular flexibility index (Phi) is 3.84. The summed E-state index contributed by atoms with van der Waals surface area (Å²) in [5.74, 6) is -0.152. The van der Waals surface area contributed by atoms with Crippen molar-refractivity contribution >= 4 is 33.6 Å². The van der Waals surface area contributed by atoms with Gasteiger partial charge in [0.05, 0.1) is 12.0 Å². The lowest BCUT2D eigenvalue weighted by atomic mass is 10.2. The van der Waals surface area contributed by atoms with Gasteiger partial charge in [0.25, 0.3) is 0 Å². The second-order valence-electron chi connectivity index (χ2n) is 4.41. The molecule has 20 heavy (non-hydrogen) atoms. The Bertz CT molecular complexity index is 713. The third-order valence-corrected chi connectivity index (χ3v) is 4.88. The summed E-state index contributed by atoms with van der Waals surface area (Å²) in [6.45, 7) is 0. The monoisotopic (exact) mass is 306 g/mol. The lowest BCUT2D eigenvalue weighted by Gasteiger charge is -1.99. The van der Waals surface area contributed by atoms with Gasteiger partial charge in [-0.2, -0.15) is 0 Å². The minimum atomic E-state index is -0.152. The summed E-state index contributed by atoms with van der Waals surface area (Å²) >= 11 is 3.33. The normalized spacial score (nSPS) is 11.1. The molecule has 6 heteroatoms. The first kappa shape index (κ1) is 13.3. The number of aromatic nitrogens is 2. The number of carbonyl (C=O) groups excluding carboxylic acids is 1. The molecule has 0 amide bonds. The first-order valence-electron chi connectivity index (χ1n) is 6.34. The number of imidazole rings is 1. The molecule has 0 aliphatic heterocycles. The van der Waals surface area contributed by atoms with Gasteiger partial charge in [-0.25, -0.2) is 4.98 Å². The standard InChI is InChI=1S/C14H14N2O2S2/c1-18-13(17)6-2-4-10-9-20-14-15-11(8-16(10)14)12-5-3-7-19-12/h3,5,7-9H,2,4,6H2,1H3. The molecule has 3 heterocycles. The van der Waals surface area contributed by atoms with Crippen LogP contribution in [0.5, 0.6) is 0 Å². The van der Waals surface area contributed by atoms with Gasteiger partial charge >= 0.3 is 5.97 Å². The van der Waals surface area contributed by atoms with Crippen LogP contribution in [0.15, 0.2) is 29.1 Å². The molecular weight excluding hydrogens is 292 g/mol. The van der Waals surface area contributed by atoms with Crippen molar-refractivity contribution in [2.24, 2.45) is 0 Å². The van der Waals surface area contributed by atoms with Crippen molar-refractivity contribution in [1.82, 2.24) is 9.38 Å². The third kappa shape index (κ3) is 2.62. The van der Waals surface area contributed by atoms with Crippen LogP contribution >= 0.6 is 22.7 Å². The third-order valence-electron chi connectivity index (χ3n) is 3.10. The van der Waals surface area contributed by atoms with Crippen LogP contribution in [0.3, 0.4) is 0 Å². The van der Waals surface area contributed by atoms with E-state index in [9.17, 15) is 4.79 Å². The average Bonchev–Trinajstić information content (AvgIpc) is 3.15. The first-order valence-corrected chi connectivity index (χ1v) is 8.10. The zero-order chi connectivity index (χ0) is 13.9. The fourth-order valence-electron chi connectivity index (χ4n) is 2.07. The highest BCUT2D eigenvalue weighted by atomic mass is 32.1. The van der Waals surface area contributed by atoms with Crippen LogP contribution < -0.4 is 0 Å². The molecular formula is C14H14N2O2S2. The lowest BCUT2D eigenvalue weighted by Crippen LogP contribution is -2.01. The van der Waals surface area contributed by atoms with Crippen molar-refractivity contribution in [3.8, 4) is 10.6 Å². The minimum absolute atomic E-state index is 0.152. The van der Waals surface area contributed by atoms with E-state index in [-0.39, 0.29) is 5.97 Å². The highest BCUT2D eigenvalue weighted by Gasteiger charge is 2.10. The number of ether oxygens (including phenoxy) is 1. The van der Waals surface area contributed by atoms with E-state index in [1.165, 1.54) is 17.7 Å². The number of carbonyl (C=O) groups is 1. The molecule has 0 saturated carbocycles. The number of thiazole rings is 1. The minimum Gasteiger partial charge on any atom is -0.469 e. The zero-order valence-electron chi connectivity index (χ0n) is 11.0. The Morgan fingerprint density at radius 3 is 3.10 bits per heavy atom. The zero-order valence-corrected chi connectivity index (χ0v) is 12.7. The van der Waals surface area contributed by atoms with Gasteiger partial charge in [0.15, 0.2) is 4.96 Å². The smallest absolute Gasteiger partial charge is 0.305 e. The van der Waals surface area contributed by atoms with E-state index in [0.717, 1.165) is 23.5 Å². The maximum atomic E-state index is 11.1. The summed E-state index contributed by atoms with van der Waals surface area (Å²) in [5.41, 5.74) is 2.21. The van der Waals surface area contributed by atoms with Crippen molar-refractivity contribution in [2.45, 2.75) is 19.3 Å². The van der Waals surface area contributed by atoms with E-state index in [2.05, 4.69) is 37.1 Å². The highest BCUT2D eigenvalue weighted by Crippen LogP contribution is 2.27. The molecule has 0 bridgehead atoms. The molecule has 0 atom stereocenters. The van der Waals surface area contributed by atoms with Crippen LogP contribution in [-0.2, 0) is 16.0 Å². The van der Waals surface area contributed by atoms with E-state index in [1.54, 1.807) is 22.7 Å². The van der Waals surface area contributed by atoms with E-state index >= 15 is 0 Å². The second-order valence-corrected chi connectivity index (χ2v) is 6.20. The van der Waals surface area contributed by atoms with Gasteiger partial charge in [-0.1, -0.05) is 6.07 Å². The topological polar surface area (TPSA) is 43.6 Å². The predicted molar refractivity (Wildman–Crippen MR) is 81.3 cm³/mol. The summed E-state index contributed by atoms with van der Waals surface area (Å²) < 4.78 is 6.78. The lowest BCUT2D eigenvalue weighted by molar-refractivity contribution is -0.140. The molecule has 104 valence electrons. The second kappa shape index (κ2) is 5.76. The number of aryl methyl sites for hydroxylation is 1. The molecule has 0 N–H and O–H groups in total. The Labute approximate surface area is 124 Å². The molecule has 0 aliphatic rings. The Morgan fingerprint density at radius 2 is 2.35 bits per heavy atom. The fraction of sp³-hybridized carbons (Fsp3) is 0.286. The van der Waals surface area contributed by atoms with Gasteiger partial charge in [-0.3, -0.25) is 9.20 Å². The van der Waals surface area contributed by atoms with Gasteiger partial charge < -0.3 is 4.74 Å². The Balaban J connectivity index is 1.77. The van der Waals surface area contributed by atoms with Crippen molar-refractivity contribution < 1.29 is 9.53 Å². The van der Waals surface area contributed by atoms with Gasteiger partial charge in [-0.15, -0.1) is 22.7 Å². The van der Waals surface area contributed by atoms with Gasteiger partial charge in [-0.05, 0) is 24.3 Å². The van der Waals surface area contributed by atoms with Gasteiger partial charge in [0.2, 0.25) is 0 Å². The van der Waals surface area contributed by atoms with Gasteiger partial charge in [0.1, 0.15) is 5.69 Å². The van der Waals surface area contributed by atoms with E-state index in [0.29, 0.717) is 6.42 Å². The SMILES string of the molecule is COC(=O)CCCc1csc2nc(-c3cccs3)cn12. The molecule has 0 spiro atoms. The average molecular weight is 306 g/mol. The number of hydrogen-bond donors (Lipinski definition) is 0. The summed E-state index contributed by atoms with van der Waals surface area (Å²) in [5, 5.41) is 4.16. The fourth-order valence-corrected chi connectivity index (χ4v) is 3.66. The highest BCUT2D eigenvalue weighted by molar-refractivity contribution is 7.15. The van der Waals surface area contributed by atoms with Crippen LogP contribution in [0.1, 0.15) is 18.5 Å². The molecule has 0 unspecified atom stereocenters. The van der Waals surface area contributed by atoms with Crippen molar-refractivity contribution in [3.05, 3.63) is 34.8 Å². The Morgan fingerprint density at radius 1 is 1.45 bits per heavy atom. The van der Waals surface area contributed by atoms with Crippen LogP contribution in [-0.4, -0.2) is 22.5 Å². The maximum absolute atomic E-state index is 11.1. The quantitative estimate of drug-likeness (QED) is 0.676. The number of fused-ring (bicyclic) bond motifs is 1. The van der Waals surface area contributed by atoms with E-state index in [1.807, 2.05) is 6.07 Å². The number of nitrogens with zero attached hydrogens (tertiary/aromatic N) is 2. The molecule has 0 aromatic carbocycles. The summed E-state index contributed by atoms with van der Waals surface area (Å²) in [6.07, 6.45) is 4.19. The van der Waals surface area contributed by atoms with E-state index in [4.69, 9.17) is 0 Å². The summed E-state index contributed by atoms with van der Waals surface area (Å²) in [6, 6.07) is 4.11. The molecule has 4 nitrogen and oxygen atoms in total. The molecule has 3 aromatic rings. The van der Waals surface area contributed by atoms with Crippen LogP contribution in [0.4, 0.5) is 0 Å². The maximum Gasteiger partial charge on any atom is 0.305 e. The predicted octanol–water partition coefficient (Wildman–Crippen LogP) is 3.62. The number of hydrogen-bond acceptors (Lipinski definition) is 5. The van der Waals surface area contributed by atoms with Crippen molar-refractivity contribution in [3.63, 3.8) is 0 Å². The molecule has 0 saturated heterocycles. The van der Waals surface area contributed by atoms with Crippen molar-refractivity contribution in [1.29, 1.82) is 0 Å². The van der Waals surface area contributed by atoms with E-state index < -0.39 is 0 Å². The molecule has 3 rings (SSSR count). The number of thiophene rings is 1. The molecule has 0 radical (unpaired) electrons. The summed E-state index contributed by atoms with van der Waals surface area (Å²) in [4.78, 5) is 17.9. The van der Waals surface area contributed by atoms with Gasteiger partial charge in [0, 0.05) is 23.7 Å². The summed E-state index contributed by atoms with van der Waals surface area (Å²) in [7, 11) is 1.42. The van der Waals surface area contributed by atoms with Crippen LogP contribution in [0.2, 0.25) is 0 Å². The molecule has 3 aromatic heterocycles. The number of methoxy groups -OCH3 is 1. The molecule has 0 aliphatic carbocycles. The van der Waals surface area contributed by atoms with Crippen LogP contribution in [0.25, 0.3) is 15.5 Å².